The van der Waals surface area contributed by atoms with Crippen LogP contribution in [0.1, 0.15) is 42.5 Å². The number of aliphatic imine (C=N–C) groups is 1. The van der Waals surface area contributed by atoms with Gasteiger partial charge in [0.1, 0.15) is 4.90 Å². The second-order valence-corrected chi connectivity index (χ2v) is 8.48. The number of hydrogen-bond donors (Lipinski definition) is 4. The van der Waals surface area contributed by atoms with Gasteiger partial charge in [-0.15, -0.1) is 12.4 Å². The van der Waals surface area contributed by atoms with Crippen molar-refractivity contribution >= 4 is 63.5 Å². The maximum Gasteiger partial charge on any atom is 0.328 e. The third kappa shape index (κ3) is 6.40. The van der Waals surface area contributed by atoms with Crippen molar-refractivity contribution in [1.29, 1.82) is 0 Å². The standard InChI is InChI=1S/C15H19Cl2N5O4S.ClH/c16-10-7-11(17)12(6-9(10)13(23)21-14(18)19)27(25,26)22-15(24)20-8-4-2-1-3-5-8;/h6-8H,1-5H2,(H2,20,22,24)(H4,18,19,21,23);1H. The highest BCUT2D eigenvalue weighted by molar-refractivity contribution is 7.90. The smallest absolute Gasteiger partial charge is 0.328 e. The van der Waals surface area contributed by atoms with Crippen molar-refractivity contribution in [3.63, 3.8) is 0 Å². The molecule has 1 aromatic rings. The summed E-state index contributed by atoms with van der Waals surface area (Å²) in [5, 5.41) is 2.22. The fraction of sp³-hybridized carbons (Fsp3) is 0.400. The molecule has 0 atom stereocenters. The number of hydrogen-bond acceptors (Lipinski definition) is 4. The summed E-state index contributed by atoms with van der Waals surface area (Å²) in [6.45, 7) is 0. The number of urea groups is 1. The Labute approximate surface area is 178 Å². The summed E-state index contributed by atoms with van der Waals surface area (Å²) in [6.07, 6.45) is 4.59. The molecule has 1 aromatic carbocycles. The lowest BCUT2D eigenvalue weighted by Gasteiger charge is -2.22. The Balaban J connectivity index is 0.00000392. The van der Waals surface area contributed by atoms with Crippen molar-refractivity contribution in [1.82, 2.24) is 10.0 Å². The number of rotatable bonds is 4. The number of halogens is 3. The minimum atomic E-state index is -4.36. The molecule has 2 rings (SSSR count). The Kier molecular flexibility index (Phi) is 8.80. The van der Waals surface area contributed by atoms with Gasteiger partial charge in [0.2, 0.25) is 0 Å². The lowest BCUT2D eigenvalue weighted by molar-refractivity contribution is 0.100. The van der Waals surface area contributed by atoms with Crippen molar-refractivity contribution in [3.05, 3.63) is 27.7 Å². The summed E-state index contributed by atoms with van der Waals surface area (Å²) in [5.41, 5.74) is 10.0. The number of carbonyl (C=O) groups excluding carboxylic acids is 2. The molecule has 1 saturated carbocycles. The molecule has 28 heavy (non-hydrogen) atoms. The summed E-state index contributed by atoms with van der Waals surface area (Å²) in [6, 6.07) is 1.01. The molecule has 9 nitrogen and oxygen atoms in total. The van der Waals surface area contributed by atoms with Crippen molar-refractivity contribution < 1.29 is 18.0 Å². The maximum atomic E-state index is 12.5. The SMILES string of the molecule is Cl.NC(N)=NC(=O)c1cc(S(=O)(=O)NC(=O)NC2CCCCC2)c(Cl)cc1Cl. The van der Waals surface area contributed by atoms with E-state index < -0.39 is 32.8 Å². The Bertz CT molecular complexity index is 882. The molecule has 0 spiro atoms. The molecule has 0 radical (unpaired) electrons. The maximum absolute atomic E-state index is 12.5. The normalized spacial score (nSPS) is 14.5. The van der Waals surface area contributed by atoms with Crippen LogP contribution in [-0.4, -0.2) is 32.4 Å². The number of nitrogens with zero attached hydrogens (tertiary/aromatic N) is 1. The zero-order chi connectivity index (χ0) is 20.2. The molecule has 1 aliphatic carbocycles. The molecule has 0 aromatic heterocycles. The van der Waals surface area contributed by atoms with Crippen molar-refractivity contribution in [2.45, 2.75) is 43.0 Å². The third-order valence-corrected chi connectivity index (χ3v) is 6.05. The van der Waals surface area contributed by atoms with Crippen LogP contribution >= 0.6 is 35.6 Å². The summed E-state index contributed by atoms with van der Waals surface area (Å²) in [7, 11) is -4.36. The predicted octanol–water partition coefficient (Wildman–Crippen LogP) is 2.15. The largest absolute Gasteiger partial charge is 0.370 e. The number of nitrogens with two attached hydrogens (primary N) is 2. The van der Waals surface area contributed by atoms with E-state index in [0.717, 1.165) is 44.2 Å². The third-order valence-electron chi connectivity index (χ3n) is 3.94. The summed E-state index contributed by atoms with van der Waals surface area (Å²) < 4.78 is 26.9. The topological polar surface area (TPSA) is 157 Å². The molecule has 1 aliphatic rings. The van der Waals surface area contributed by atoms with E-state index in [-0.39, 0.29) is 34.1 Å². The fourth-order valence-corrected chi connectivity index (χ4v) is 4.49. The van der Waals surface area contributed by atoms with Crippen molar-refractivity contribution in [3.8, 4) is 0 Å². The van der Waals surface area contributed by atoms with Gasteiger partial charge in [-0.3, -0.25) is 4.79 Å². The van der Waals surface area contributed by atoms with Crippen LogP contribution in [0.4, 0.5) is 4.79 Å². The molecular weight excluding hydrogens is 453 g/mol. The first kappa shape index (κ1) is 24.3. The number of nitrogens with one attached hydrogen (secondary N) is 2. The van der Waals surface area contributed by atoms with E-state index in [1.54, 1.807) is 0 Å². The molecular formula is C15H20Cl3N5O4S. The molecule has 0 bridgehead atoms. The van der Waals surface area contributed by atoms with Gasteiger partial charge in [-0.2, -0.15) is 4.99 Å². The summed E-state index contributed by atoms with van der Waals surface area (Å²) >= 11 is 11.9. The van der Waals surface area contributed by atoms with Crippen LogP contribution in [0.25, 0.3) is 0 Å². The van der Waals surface area contributed by atoms with Gasteiger partial charge in [-0.25, -0.2) is 17.9 Å². The first-order valence-electron chi connectivity index (χ1n) is 8.06. The van der Waals surface area contributed by atoms with Crippen LogP contribution in [-0.2, 0) is 10.0 Å². The number of carbonyl (C=O) groups is 2. The highest BCUT2D eigenvalue weighted by Gasteiger charge is 2.26. The second-order valence-electron chi connectivity index (χ2n) is 6.02. The molecule has 3 amide bonds. The minimum absolute atomic E-state index is 0. The number of amides is 3. The van der Waals surface area contributed by atoms with Gasteiger partial charge in [-0.1, -0.05) is 42.5 Å². The zero-order valence-electron chi connectivity index (χ0n) is 14.6. The molecule has 13 heteroatoms. The molecule has 0 heterocycles. The van der Waals surface area contributed by atoms with Gasteiger partial charge in [0.15, 0.2) is 5.96 Å². The summed E-state index contributed by atoms with van der Waals surface area (Å²) in [5.74, 6) is -1.46. The molecule has 0 aliphatic heterocycles. The van der Waals surface area contributed by atoms with Crippen LogP contribution in [0, 0.1) is 0 Å². The number of sulfonamides is 1. The molecule has 156 valence electrons. The zero-order valence-corrected chi connectivity index (χ0v) is 17.7. The average molecular weight is 473 g/mol. The molecule has 0 saturated heterocycles. The van der Waals surface area contributed by atoms with Gasteiger partial charge >= 0.3 is 6.03 Å². The number of benzene rings is 1. The molecule has 6 N–H and O–H groups in total. The van der Waals surface area contributed by atoms with Crippen LogP contribution in [0.2, 0.25) is 10.0 Å². The van der Waals surface area contributed by atoms with Gasteiger partial charge < -0.3 is 16.8 Å². The highest BCUT2D eigenvalue weighted by atomic mass is 35.5. The lowest BCUT2D eigenvalue weighted by Crippen LogP contribution is -2.45. The quantitative estimate of drug-likeness (QED) is 0.388. The Morgan fingerprint density at radius 1 is 1.07 bits per heavy atom. The van der Waals surface area contributed by atoms with Crippen molar-refractivity contribution in [2.75, 3.05) is 0 Å². The lowest BCUT2D eigenvalue weighted by atomic mass is 9.96. The number of guanidine groups is 1. The minimum Gasteiger partial charge on any atom is -0.370 e. The predicted molar refractivity (Wildman–Crippen MR) is 110 cm³/mol. The molecule has 0 unspecified atom stereocenters. The van der Waals surface area contributed by atoms with Crippen LogP contribution in [0.5, 0.6) is 0 Å². The van der Waals surface area contributed by atoms with E-state index >= 15 is 0 Å². The van der Waals surface area contributed by atoms with Gasteiger partial charge in [0, 0.05) is 6.04 Å². The first-order valence-corrected chi connectivity index (χ1v) is 10.3. The van der Waals surface area contributed by atoms with E-state index in [1.165, 1.54) is 0 Å². The van der Waals surface area contributed by atoms with Crippen LogP contribution in [0.15, 0.2) is 22.0 Å². The Morgan fingerprint density at radius 3 is 2.25 bits per heavy atom. The van der Waals surface area contributed by atoms with Crippen molar-refractivity contribution in [2.24, 2.45) is 16.5 Å². The van der Waals surface area contributed by atoms with Crippen LogP contribution in [0.3, 0.4) is 0 Å². The van der Waals surface area contributed by atoms with Gasteiger partial charge in [0.25, 0.3) is 15.9 Å². The van der Waals surface area contributed by atoms with Crippen LogP contribution < -0.4 is 21.5 Å². The Morgan fingerprint density at radius 2 is 1.68 bits per heavy atom. The van der Waals surface area contributed by atoms with E-state index in [1.807, 2.05) is 4.72 Å². The van der Waals surface area contributed by atoms with E-state index in [9.17, 15) is 18.0 Å². The molecule has 1 fully saturated rings. The fourth-order valence-electron chi connectivity index (χ4n) is 2.72. The van der Waals surface area contributed by atoms with Gasteiger partial charge in [0.05, 0.1) is 15.6 Å². The first-order chi connectivity index (χ1) is 12.6. The Hall–Kier alpha value is -1.75. The monoisotopic (exact) mass is 471 g/mol. The van der Waals surface area contributed by atoms with E-state index in [0.29, 0.717) is 0 Å². The highest BCUT2D eigenvalue weighted by Crippen LogP contribution is 2.29. The van der Waals surface area contributed by atoms with E-state index in [2.05, 4.69) is 10.3 Å². The van der Waals surface area contributed by atoms with E-state index in [4.69, 9.17) is 34.7 Å². The average Bonchev–Trinajstić information content (AvgIpc) is 2.53. The second kappa shape index (κ2) is 10.1. The summed E-state index contributed by atoms with van der Waals surface area (Å²) in [4.78, 5) is 26.8. The van der Waals surface area contributed by atoms with Gasteiger partial charge in [-0.05, 0) is 25.0 Å².